The van der Waals surface area contributed by atoms with Crippen LogP contribution < -0.4 is 0 Å². The van der Waals surface area contributed by atoms with Crippen LogP contribution in [0.3, 0.4) is 0 Å². The van der Waals surface area contributed by atoms with Gasteiger partial charge in [0.05, 0.1) is 0 Å². The zero-order chi connectivity index (χ0) is 8.85. The fourth-order valence-electron chi connectivity index (χ4n) is 0.341. The van der Waals surface area contributed by atoms with Crippen LogP contribution in [0.1, 0.15) is 13.8 Å². The molecular formula is C7H9ClO3. The Hall–Kier alpha value is -0.830. The Balaban J connectivity index is 3.64. The van der Waals surface area contributed by atoms with Crippen molar-refractivity contribution in [3.63, 3.8) is 0 Å². The van der Waals surface area contributed by atoms with Crippen LogP contribution in [0.15, 0.2) is 11.6 Å². The van der Waals surface area contributed by atoms with Gasteiger partial charge in [-0.1, -0.05) is 5.57 Å². The molecule has 0 spiro atoms. The van der Waals surface area contributed by atoms with Crippen LogP contribution >= 0.6 is 11.6 Å². The van der Waals surface area contributed by atoms with Crippen LogP contribution in [0.25, 0.3) is 0 Å². The minimum absolute atomic E-state index is 0.0969. The van der Waals surface area contributed by atoms with Crippen LogP contribution in [-0.4, -0.2) is 17.8 Å². The van der Waals surface area contributed by atoms with Crippen molar-refractivity contribution in [3.05, 3.63) is 11.6 Å². The number of rotatable bonds is 3. The molecule has 0 aliphatic heterocycles. The quantitative estimate of drug-likeness (QED) is 0.282. The number of ether oxygens (including phenoxy) is 1. The highest BCUT2D eigenvalue weighted by Crippen LogP contribution is 1.90. The molecule has 11 heavy (non-hydrogen) atoms. The van der Waals surface area contributed by atoms with E-state index in [-0.39, 0.29) is 6.61 Å². The highest BCUT2D eigenvalue weighted by molar-refractivity contribution is 6.80. The second-order valence-electron chi connectivity index (χ2n) is 2.15. The Morgan fingerprint density at radius 2 is 2.00 bits per heavy atom. The summed E-state index contributed by atoms with van der Waals surface area (Å²) in [5, 5.41) is -1.09. The topological polar surface area (TPSA) is 43.4 Å². The third-order valence-electron chi connectivity index (χ3n) is 0.866. The molecule has 0 saturated heterocycles. The van der Waals surface area contributed by atoms with Crippen molar-refractivity contribution in [3.8, 4) is 0 Å². The van der Waals surface area contributed by atoms with Crippen LogP contribution in [-0.2, 0) is 14.3 Å². The first kappa shape index (κ1) is 10.2. The third-order valence-corrected chi connectivity index (χ3v) is 1.02. The molecule has 0 aliphatic rings. The molecule has 0 saturated carbocycles. The van der Waals surface area contributed by atoms with Crippen LogP contribution in [0.4, 0.5) is 0 Å². The van der Waals surface area contributed by atoms with Crippen molar-refractivity contribution >= 4 is 22.8 Å². The number of hydrogen-bond donors (Lipinski definition) is 0. The molecule has 0 fully saturated rings. The standard InChI is InChI=1S/C7H9ClO3/c1-5(2)3-4-11-7(10)6(8)9/h3H,4H2,1-2H3. The molecule has 0 aromatic carbocycles. The Kier molecular flexibility index (Phi) is 4.54. The summed E-state index contributed by atoms with van der Waals surface area (Å²) < 4.78 is 4.42. The van der Waals surface area contributed by atoms with E-state index in [1.54, 1.807) is 6.08 Å². The summed E-state index contributed by atoms with van der Waals surface area (Å²) in [4.78, 5) is 20.5. The molecular weight excluding hydrogens is 168 g/mol. The van der Waals surface area contributed by atoms with Crippen molar-refractivity contribution in [1.29, 1.82) is 0 Å². The monoisotopic (exact) mass is 176 g/mol. The molecule has 0 aliphatic carbocycles. The smallest absolute Gasteiger partial charge is 0.391 e. The van der Waals surface area contributed by atoms with E-state index in [0.717, 1.165) is 5.57 Å². The maximum absolute atomic E-state index is 10.4. The Bertz CT molecular complexity index is 192. The molecule has 0 aromatic heterocycles. The number of carbonyl (C=O) groups excluding carboxylic acids is 2. The number of hydrogen-bond acceptors (Lipinski definition) is 3. The van der Waals surface area contributed by atoms with Crippen LogP contribution in [0.5, 0.6) is 0 Å². The Labute approximate surface area is 70.0 Å². The highest BCUT2D eigenvalue weighted by atomic mass is 35.5. The van der Waals surface area contributed by atoms with Gasteiger partial charge < -0.3 is 4.74 Å². The number of esters is 1. The van der Waals surface area contributed by atoms with E-state index in [2.05, 4.69) is 4.74 Å². The van der Waals surface area contributed by atoms with Gasteiger partial charge >= 0.3 is 11.2 Å². The van der Waals surface area contributed by atoms with Crippen molar-refractivity contribution < 1.29 is 14.3 Å². The van der Waals surface area contributed by atoms with Crippen LogP contribution in [0, 0.1) is 0 Å². The molecule has 0 N–H and O–H groups in total. The molecule has 62 valence electrons. The number of carbonyl (C=O) groups is 2. The Morgan fingerprint density at radius 3 is 2.36 bits per heavy atom. The van der Waals surface area contributed by atoms with Gasteiger partial charge in [0.1, 0.15) is 6.61 Å². The second kappa shape index (κ2) is 4.91. The SMILES string of the molecule is CC(C)=CCOC(=O)C(=O)Cl. The first-order chi connectivity index (χ1) is 5.04. The summed E-state index contributed by atoms with van der Waals surface area (Å²) >= 11 is 4.81. The van der Waals surface area contributed by atoms with E-state index in [9.17, 15) is 9.59 Å². The minimum Gasteiger partial charge on any atom is -0.455 e. The van der Waals surface area contributed by atoms with Crippen molar-refractivity contribution in [2.75, 3.05) is 6.61 Å². The lowest BCUT2D eigenvalue weighted by molar-refractivity contribution is -0.149. The average Bonchev–Trinajstić information content (AvgIpc) is 1.86. The first-order valence-electron chi connectivity index (χ1n) is 3.04. The summed E-state index contributed by atoms with van der Waals surface area (Å²) in [6, 6.07) is 0. The lowest BCUT2D eigenvalue weighted by Gasteiger charge is -1.95. The van der Waals surface area contributed by atoms with E-state index < -0.39 is 11.2 Å². The van der Waals surface area contributed by atoms with Crippen molar-refractivity contribution in [1.82, 2.24) is 0 Å². The van der Waals surface area contributed by atoms with Gasteiger partial charge in [0.2, 0.25) is 0 Å². The summed E-state index contributed by atoms with van der Waals surface area (Å²) in [6.45, 7) is 3.81. The number of allylic oxidation sites excluding steroid dienone is 1. The summed E-state index contributed by atoms with van der Waals surface area (Å²) in [6.07, 6.45) is 1.68. The first-order valence-corrected chi connectivity index (χ1v) is 3.41. The number of halogens is 1. The largest absolute Gasteiger partial charge is 0.455 e. The molecule has 3 nitrogen and oxygen atoms in total. The van der Waals surface area contributed by atoms with Gasteiger partial charge in [-0.3, -0.25) is 4.79 Å². The zero-order valence-corrected chi connectivity index (χ0v) is 7.14. The maximum atomic E-state index is 10.4. The highest BCUT2D eigenvalue weighted by Gasteiger charge is 2.09. The minimum atomic E-state index is -1.09. The van der Waals surface area contributed by atoms with Gasteiger partial charge in [-0.25, -0.2) is 4.79 Å². The molecule has 4 heteroatoms. The van der Waals surface area contributed by atoms with E-state index >= 15 is 0 Å². The molecule has 0 heterocycles. The fraction of sp³-hybridized carbons (Fsp3) is 0.429. The van der Waals surface area contributed by atoms with Gasteiger partial charge in [0, 0.05) is 0 Å². The molecule has 0 amide bonds. The summed E-state index contributed by atoms with van der Waals surface area (Å²) in [5.74, 6) is -1.01. The molecule has 0 radical (unpaired) electrons. The maximum Gasteiger partial charge on any atom is 0.391 e. The molecule has 0 rings (SSSR count). The lowest BCUT2D eigenvalue weighted by atomic mass is 10.3. The molecule has 0 unspecified atom stereocenters. The van der Waals surface area contributed by atoms with E-state index in [0.29, 0.717) is 0 Å². The molecule has 0 aromatic rings. The van der Waals surface area contributed by atoms with Gasteiger partial charge in [-0.2, -0.15) is 0 Å². The third kappa shape index (κ3) is 5.61. The molecule has 0 atom stereocenters. The summed E-state index contributed by atoms with van der Waals surface area (Å²) in [5.41, 5.74) is 1.01. The van der Waals surface area contributed by atoms with Gasteiger partial charge in [0.15, 0.2) is 0 Å². The fourth-order valence-corrected chi connectivity index (χ4v) is 0.395. The van der Waals surface area contributed by atoms with Crippen LogP contribution in [0.2, 0.25) is 0 Å². The second-order valence-corrected chi connectivity index (χ2v) is 2.50. The molecule has 0 bridgehead atoms. The van der Waals surface area contributed by atoms with Crippen molar-refractivity contribution in [2.24, 2.45) is 0 Å². The average molecular weight is 177 g/mol. The van der Waals surface area contributed by atoms with E-state index in [4.69, 9.17) is 11.6 Å². The Morgan fingerprint density at radius 1 is 1.45 bits per heavy atom. The lowest BCUT2D eigenvalue weighted by Crippen LogP contribution is -2.11. The summed E-state index contributed by atoms with van der Waals surface area (Å²) in [7, 11) is 0. The van der Waals surface area contributed by atoms with Gasteiger partial charge in [-0.05, 0) is 31.5 Å². The predicted molar refractivity (Wildman–Crippen MR) is 41.3 cm³/mol. The van der Waals surface area contributed by atoms with E-state index in [1.807, 2.05) is 13.8 Å². The van der Waals surface area contributed by atoms with E-state index in [1.165, 1.54) is 0 Å². The zero-order valence-electron chi connectivity index (χ0n) is 6.39. The predicted octanol–water partition coefficient (Wildman–Crippen LogP) is 1.26. The van der Waals surface area contributed by atoms with Gasteiger partial charge in [-0.15, -0.1) is 0 Å². The normalized spacial score (nSPS) is 8.64. The van der Waals surface area contributed by atoms with Gasteiger partial charge in [0.25, 0.3) is 0 Å². The van der Waals surface area contributed by atoms with Crippen molar-refractivity contribution in [2.45, 2.75) is 13.8 Å².